The van der Waals surface area contributed by atoms with Crippen molar-refractivity contribution in [3.05, 3.63) is 89.4 Å². The third-order valence-corrected chi connectivity index (χ3v) is 5.26. The molecule has 1 aliphatic rings. The molecule has 3 aromatic rings. The number of rotatable bonds is 6. The van der Waals surface area contributed by atoms with Crippen molar-refractivity contribution in [2.75, 3.05) is 38.7 Å². The fourth-order valence-electron chi connectivity index (χ4n) is 3.78. The van der Waals surface area contributed by atoms with Crippen LogP contribution in [0.15, 0.2) is 67.0 Å². The van der Waals surface area contributed by atoms with E-state index in [0.29, 0.717) is 0 Å². The largest absolute Gasteiger partial charge is 0.369 e. The van der Waals surface area contributed by atoms with Gasteiger partial charge in [-0.1, -0.05) is 42.5 Å². The molecule has 0 bridgehead atoms. The first-order chi connectivity index (χ1) is 14.2. The molecular weight excluding hydrogens is 360 g/mol. The van der Waals surface area contributed by atoms with Crippen molar-refractivity contribution in [1.82, 2.24) is 14.9 Å². The van der Waals surface area contributed by atoms with E-state index < -0.39 is 0 Å². The van der Waals surface area contributed by atoms with Crippen LogP contribution in [-0.4, -0.2) is 48.7 Å². The second kappa shape index (κ2) is 9.16. The summed E-state index contributed by atoms with van der Waals surface area (Å²) in [6, 6.07) is 18.9. The fraction of sp³-hybridized carbons (Fsp3) is 0.333. The van der Waals surface area contributed by atoms with Crippen LogP contribution in [0.1, 0.15) is 28.5 Å². The first-order valence-corrected chi connectivity index (χ1v) is 10.1. The quantitative estimate of drug-likeness (QED) is 0.644. The van der Waals surface area contributed by atoms with E-state index in [1.54, 1.807) is 0 Å². The van der Waals surface area contributed by atoms with Gasteiger partial charge in [-0.05, 0) is 29.7 Å². The summed E-state index contributed by atoms with van der Waals surface area (Å²) in [6.45, 7) is 3.35. The van der Waals surface area contributed by atoms with E-state index in [1.165, 1.54) is 16.7 Å². The molecule has 1 atom stereocenters. The number of nitrogens with zero attached hydrogens (tertiary/aromatic N) is 4. The summed E-state index contributed by atoms with van der Waals surface area (Å²) in [5.41, 5.74) is 4.77. The summed E-state index contributed by atoms with van der Waals surface area (Å²) in [6.07, 6.45) is 4.74. The van der Waals surface area contributed by atoms with Crippen LogP contribution in [0.2, 0.25) is 0 Å². The van der Waals surface area contributed by atoms with Crippen LogP contribution in [0.5, 0.6) is 0 Å². The summed E-state index contributed by atoms with van der Waals surface area (Å²) < 4.78 is 6.04. The Morgan fingerprint density at radius 2 is 1.86 bits per heavy atom. The van der Waals surface area contributed by atoms with E-state index in [2.05, 4.69) is 57.2 Å². The molecule has 2 aromatic heterocycles. The molecule has 150 valence electrons. The van der Waals surface area contributed by atoms with Gasteiger partial charge in [0, 0.05) is 51.7 Å². The van der Waals surface area contributed by atoms with Crippen molar-refractivity contribution in [2.45, 2.75) is 19.1 Å². The zero-order chi connectivity index (χ0) is 20.1. The lowest BCUT2D eigenvalue weighted by atomic mass is 10.1. The van der Waals surface area contributed by atoms with E-state index in [4.69, 9.17) is 9.72 Å². The second-order valence-corrected chi connectivity index (χ2v) is 7.73. The molecule has 29 heavy (non-hydrogen) atoms. The van der Waals surface area contributed by atoms with E-state index >= 15 is 0 Å². The Kier molecular flexibility index (Phi) is 6.17. The molecule has 3 heterocycles. The molecule has 0 saturated carbocycles. The van der Waals surface area contributed by atoms with Crippen LogP contribution in [0.3, 0.4) is 0 Å². The van der Waals surface area contributed by atoms with Crippen LogP contribution in [0.25, 0.3) is 0 Å². The van der Waals surface area contributed by atoms with Gasteiger partial charge in [-0.15, -0.1) is 0 Å². The predicted octanol–water partition coefficient (Wildman–Crippen LogP) is 3.71. The highest BCUT2D eigenvalue weighted by Crippen LogP contribution is 2.24. The zero-order valence-corrected chi connectivity index (χ0v) is 17.2. The van der Waals surface area contributed by atoms with Crippen molar-refractivity contribution in [3.63, 3.8) is 0 Å². The minimum atomic E-state index is 0.00834. The van der Waals surface area contributed by atoms with Gasteiger partial charge in [-0.2, -0.15) is 0 Å². The Balaban J connectivity index is 1.41. The van der Waals surface area contributed by atoms with Gasteiger partial charge >= 0.3 is 0 Å². The lowest BCUT2D eigenvalue weighted by Crippen LogP contribution is -2.38. The monoisotopic (exact) mass is 388 g/mol. The maximum atomic E-state index is 6.04. The first kappa shape index (κ1) is 19.6. The molecule has 1 aromatic carbocycles. The maximum Gasteiger partial charge on any atom is 0.132 e. The van der Waals surface area contributed by atoms with Crippen molar-refractivity contribution < 1.29 is 4.74 Å². The molecule has 1 fully saturated rings. The Bertz CT molecular complexity index is 912. The fourth-order valence-corrected chi connectivity index (χ4v) is 3.78. The third-order valence-electron chi connectivity index (χ3n) is 5.26. The first-order valence-electron chi connectivity index (χ1n) is 10.1. The highest BCUT2D eigenvalue weighted by atomic mass is 16.5. The number of anilines is 1. The van der Waals surface area contributed by atoms with Crippen LogP contribution in [-0.2, 0) is 17.7 Å². The van der Waals surface area contributed by atoms with Gasteiger partial charge in [0.25, 0.3) is 0 Å². The topological polar surface area (TPSA) is 41.5 Å². The molecular formula is C24H28N4O. The van der Waals surface area contributed by atoms with Gasteiger partial charge < -0.3 is 9.64 Å². The molecule has 1 aliphatic heterocycles. The molecule has 0 amide bonds. The Morgan fingerprint density at radius 1 is 1.00 bits per heavy atom. The molecule has 0 radical (unpaired) electrons. The van der Waals surface area contributed by atoms with Crippen LogP contribution in [0, 0.1) is 0 Å². The maximum absolute atomic E-state index is 6.04. The molecule has 1 unspecified atom stereocenters. The van der Waals surface area contributed by atoms with E-state index in [9.17, 15) is 0 Å². The number of pyridine rings is 2. The number of ether oxygens (including phenoxy) is 1. The molecule has 0 aliphatic carbocycles. The molecule has 1 saturated heterocycles. The second-order valence-electron chi connectivity index (χ2n) is 7.73. The predicted molar refractivity (Wildman–Crippen MR) is 116 cm³/mol. The number of morpholine rings is 1. The minimum Gasteiger partial charge on any atom is -0.369 e. The van der Waals surface area contributed by atoms with Crippen molar-refractivity contribution in [2.24, 2.45) is 0 Å². The normalized spacial score (nSPS) is 17.2. The standard InChI is InChI=1S/C24H28N4O/c1-27(2)24-21(9-6-12-25-24)17-28-13-14-29-23(18-28)22-11-10-20(16-26-22)15-19-7-4-3-5-8-19/h3-12,16,23H,13-15,17-18H2,1-2H3. The summed E-state index contributed by atoms with van der Waals surface area (Å²) in [5.74, 6) is 1.03. The highest BCUT2D eigenvalue weighted by molar-refractivity contribution is 5.45. The summed E-state index contributed by atoms with van der Waals surface area (Å²) in [5, 5.41) is 0. The van der Waals surface area contributed by atoms with Crippen molar-refractivity contribution in [3.8, 4) is 0 Å². The number of benzene rings is 1. The summed E-state index contributed by atoms with van der Waals surface area (Å²) >= 11 is 0. The molecule has 0 N–H and O–H groups in total. The van der Waals surface area contributed by atoms with Gasteiger partial charge in [0.1, 0.15) is 11.9 Å². The lowest BCUT2D eigenvalue weighted by molar-refractivity contribution is -0.0349. The molecule has 5 nitrogen and oxygen atoms in total. The minimum absolute atomic E-state index is 0.00834. The summed E-state index contributed by atoms with van der Waals surface area (Å²) in [4.78, 5) is 13.7. The van der Waals surface area contributed by atoms with Gasteiger partial charge in [0.15, 0.2) is 0 Å². The summed E-state index contributed by atoms with van der Waals surface area (Å²) in [7, 11) is 4.07. The molecule has 4 rings (SSSR count). The molecule has 5 heteroatoms. The third kappa shape index (κ3) is 5.00. The van der Waals surface area contributed by atoms with Crippen molar-refractivity contribution >= 4 is 5.82 Å². The van der Waals surface area contributed by atoms with Crippen LogP contribution < -0.4 is 4.90 Å². The Labute approximate surface area is 173 Å². The zero-order valence-electron chi connectivity index (χ0n) is 17.2. The average Bonchev–Trinajstić information content (AvgIpc) is 2.75. The van der Waals surface area contributed by atoms with Gasteiger partial charge in [-0.3, -0.25) is 9.88 Å². The highest BCUT2D eigenvalue weighted by Gasteiger charge is 2.24. The number of hydrogen-bond acceptors (Lipinski definition) is 5. The van der Waals surface area contributed by atoms with Gasteiger partial charge in [0.05, 0.1) is 12.3 Å². The van der Waals surface area contributed by atoms with Gasteiger partial charge in [-0.25, -0.2) is 4.98 Å². The van der Waals surface area contributed by atoms with E-state index in [1.807, 2.05) is 38.6 Å². The smallest absolute Gasteiger partial charge is 0.132 e. The van der Waals surface area contributed by atoms with E-state index in [0.717, 1.165) is 44.2 Å². The Hall–Kier alpha value is -2.76. The molecule has 0 spiro atoms. The number of aromatic nitrogens is 2. The SMILES string of the molecule is CN(C)c1ncccc1CN1CCOC(c2ccc(Cc3ccccc3)cn2)C1. The number of hydrogen-bond donors (Lipinski definition) is 0. The van der Waals surface area contributed by atoms with E-state index in [-0.39, 0.29) is 6.10 Å². The van der Waals surface area contributed by atoms with Crippen molar-refractivity contribution in [1.29, 1.82) is 0 Å². The van der Waals surface area contributed by atoms with Crippen LogP contribution >= 0.6 is 0 Å². The van der Waals surface area contributed by atoms with Crippen LogP contribution in [0.4, 0.5) is 5.82 Å². The Morgan fingerprint density at radius 3 is 2.62 bits per heavy atom. The average molecular weight is 389 g/mol. The lowest BCUT2D eigenvalue weighted by Gasteiger charge is -2.33. The van der Waals surface area contributed by atoms with Gasteiger partial charge in [0.2, 0.25) is 0 Å².